The van der Waals surface area contributed by atoms with E-state index < -0.39 is 12.0 Å². The quantitative estimate of drug-likeness (QED) is 0.720. The van der Waals surface area contributed by atoms with Crippen LogP contribution in [0.4, 0.5) is 0 Å². The van der Waals surface area contributed by atoms with Crippen LogP contribution in [-0.4, -0.2) is 33.3 Å². The Labute approximate surface area is 145 Å². The normalized spacial score (nSPS) is 12.3. The van der Waals surface area contributed by atoms with Crippen LogP contribution in [0.1, 0.15) is 21.5 Å². The fraction of sp³-hybridized carbons (Fsp3) is 0.263. The van der Waals surface area contributed by atoms with Crippen LogP contribution in [0.15, 0.2) is 42.7 Å². The lowest BCUT2D eigenvalue weighted by atomic mass is 10.1. The molecular weight excluding hydrogens is 318 g/mol. The summed E-state index contributed by atoms with van der Waals surface area (Å²) in [5.74, 6) is 0.0927. The number of aryl methyl sites for hydroxylation is 2. The van der Waals surface area contributed by atoms with Gasteiger partial charge >= 0.3 is 0 Å². The summed E-state index contributed by atoms with van der Waals surface area (Å²) in [5, 5.41) is 10.3. The highest BCUT2D eigenvalue weighted by molar-refractivity contribution is 5.92. The summed E-state index contributed by atoms with van der Waals surface area (Å²) >= 11 is 0. The van der Waals surface area contributed by atoms with Gasteiger partial charge in [-0.25, -0.2) is 4.98 Å². The number of nitrogens with zero attached hydrogens (tertiary/aromatic N) is 2. The number of aromatic nitrogens is 2. The summed E-state index contributed by atoms with van der Waals surface area (Å²) in [4.78, 5) is 15.4. The molecule has 1 amide bonds. The maximum Gasteiger partial charge on any atom is 0.248 e. The molecule has 1 aromatic heterocycles. The Bertz CT molecular complexity index is 900. The van der Waals surface area contributed by atoms with Gasteiger partial charge in [0, 0.05) is 5.56 Å². The maximum atomic E-state index is 11.0. The Balaban J connectivity index is 1.63. The number of amides is 1. The minimum atomic E-state index is -0.685. The summed E-state index contributed by atoms with van der Waals surface area (Å²) in [6.07, 6.45) is 1.05. The van der Waals surface area contributed by atoms with E-state index in [4.69, 9.17) is 10.5 Å². The number of hydrogen-bond acceptors (Lipinski definition) is 4. The second-order valence-corrected chi connectivity index (χ2v) is 6.18. The molecule has 0 aliphatic heterocycles. The Morgan fingerprint density at radius 3 is 2.60 bits per heavy atom. The number of hydrogen-bond donors (Lipinski definition) is 2. The van der Waals surface area contributed by atoms with E-state index in [1.807, 2.05) is 10.6 Å². The van der Waals surface area contributed by atoms with Crippen molar-refractivity contribution < 1.29 is 14.6 Å². The largest absolute Gasteiger partial charge is 0.491 e. The predicted molar refractivity (Wildman–Crippen MR) is 95.7 cm³/mol. The summed E-state index contributed by atoms with van der Waals surface area (Å²) in [5.41, 5.74) is 9.91. The van der Waals surface area contributed by atoms with Gasteiger partial charge in [0.05, 0.1) is 23.9 Å². The first-order valence-corrected chi connectivity index (χ1v) is 8.07. The molecule has 0 saturated carbocycles. The van der Waals surface area contributed by atoms with E-state index in [2.05, 4.69) is 24.9 Å². The van der Waals surface area contributed by atoms with Crippen LogP contribution in [0, 0.1) is 13.8 Å². The molecule has 6 heteroatoms. The highest BCUT2D eigenvalue weighted by atomic mass is 16.5. The van der Waals surface area contributed by atoms with Crippen molar-refractivity contribution in [2.75, 3.05) is 6.61 Å². The molecule has 3 N–H and O–H groups in total. The molecule has 0 aliphatic rings. The van der Waals surface area contributed by atoms with Gasteiger partial charge < -0.3 is 20.1 Å². The fourth-order valence-corrected chi connectivity index (χ4v) is 2.65. The van der Waals surface area contributed by atoms with E-state index in [-0.39, 0.29) is 6.61 Å². The van der Waals surface area contributed by atoms with Crippen LogP contribution in [0.2, 0.25) is 0 Å². The van der Waals surface area contributed by atoms with Crippen molar-refractivity contribution in [3.8, 4) is 5.75 Å². The maximum absolute atomic E-state index is 11.0. The molecule has 0 aliphatic carbocycles. The molecule has 6 nitrogen and oxygen atoms in total. The van der Waals surface area contributed by atoms with Crippen LogP contribution in [-0.2, 0) is 6.54 Å². The highest BCUT2D eigenvalue weighted by Crippen LogP contribution is 2.19. The number of primary amides is 1. The molecule has 0 fully saturated rings. The molecule has 3 rings (SSSR count). The molecule has 0 spiro atoms. The number of aliphatic hydroxyl groups is 1. The number of fused-ring (bicyclic) bond motifs is 1. The number of imidazole rings is 1. The minimum Gasteiger partial charge on any atom is -0.491 e. The zero-order valence-corrected chi connectivity index (χ0v) is 14.3. The zero-order valence-electron chi connectivity index (χ0n) is 14.3. The second kappa shape index (κ2) is 6.94. The first kappa shape index (κ1) is 17.0. The van der Waals surface area contributed by atoms with Gasteiger partial charge in [-0.3, -0.25) is 4.79 Å². The first-order valence-electron chi connectivity index (χ1n) is 8.07. The van der Waals surface area contributed by atoms with Gasteiger partial charge in [0.1, 0.15) is 18.5 Å². The predicted octanol–water partition coefficient (Wildman–Crippen LogP) is 2.19. The molecule has 25 heavy (non-hydrogen) atoms. The van der Waals surface area contributed by atoms with Crippen LogP contribution < -0.4 is 10.5 Å². The third-order valence-corrected chi connectivity index (χ3v) is 4.23. The number of benzene rings is 2. The van der Waals surface area contributed by atoms with Gasteiger partial charge in [-0.2, -0.15) is 0 Å². The monoisotopic (exact) mass is 339 g/mol. The topological polar surface area (TPSA) is 90.4 Å². The average Bonchev–Trinajstić information content (AvgIpc) is 2.95. The molecule has 0 saturated heterocycles. The lowest BCUT2D eigenvalue weighted by Crippen LogP contribution is -2.23. The van der Waals surface area contributed by atoms with Crippen molar-refractivity contribution in [1.82, 2.24) is 9.55 Å². The van der Waals surface area contributed by atoms with Crippen molar-refractivity contribution >= 4 is 16.9 Å². The van der Waals surface area contributed by atoms with E-state index in [0.29, 0.717) is 17.9 Å². The van der Waals surface area contributed by atoms with Crippen LogP contribution in [0.25, 0.3) is 11.0 Å². The van der Waals surface area contributed by atoms with Crippen LogP contribution >= 0.6 is 0 Å². The smallest absolute Gasteiger partial charge is 0.248 e. The summed E-state index contributed by atoms with van der Waals surface area (Å²) < 4.78 is 7.49. The molecule has 0 radical (unpaired) electrons. The van der Waals surface area contributed by atoms with Crippen molar-refractivity contribution in [3.63, 3.8) is 0 Å². The van der Waals surface area contributed by atoms with Crippen molar-refractivity contribution in [1.29, 1.82) is 0 Å². The van der Waals surface area contributed by atoms with Crippen LogP contribution in [0.5, 0.6) is 5.75 Å². The van der Waals surface area contributed by atoms with E-state index in [1.54, 1.807) is 30.6 Å². The zero-order chi connectivity index (χ0) is 18.0. The first-order chi connectivity index (χ1) is 11.9. The van der Waals surface area contributed by atoms with E-state index in [9.17, 15) is 9.90 Å². The van der Waals surface area contributed by atoms with Gasteiger partial charge in [0.15, 0.2) is 0 Å². The van der Waals surface area contributed by atoms with E-state index >= 15 is 0 Å². The Morgan fingerprint density at radius 2 is 1.92 bits per heavy atom. The summed E-state index contributed by atoms with van der Waals surface area (Å²) in [6, 6.07) is 10.6. The Kier molecular flexibility index (Phi) is 4.72. The van der Waals surface area contributed by atoms with Gasteiger partial charge in [-0.05, 0) is 61.4 Å². The summed E-state index contributed by atoms with van der Waals surface area (Å²) in [7, 11) is 0. The van der Waals surface area contributed by atoms with Gasteiger partial charge in [0.2, 0.25) is 5.91 Å². The Morgan fingerprint density at radius 1 is 1.24 bits per heavy atom. The lowest BCUT2D eigenvalue weighted by Gasteiger charge is -2.14. The summed E-state index contributed by atoms with van der Waals surface area (Å²) in [6.45, 7) is 4.64. The van der Waals surface area contributed by atoms with E-state index in [0.717, 1.165) is 11.0 Å². The molecule has 3 aromatic rings. The molecule has 2 aromatic carbocycles. The minimum absolute atomic E-state index is 0.139. The van der Waals surface area contributed by atoms with Gasteiger partial charge in [-0.15, -0.1) is 0 Å². The number of carbonyl (C=O) groups is 1. The number of nitrogens with two attached hydrogens (primary N) is 1. The van der Waals surface area contributed by atoms with Gasteiger partial charge in [-0.1, -0.05) is 0 Å². The third kappa shape index (κ3) is 3.80. The molecule has 1 unspecified atom stereocenters. The average molecular weight is 339 g/mol. The Hall–Kier alpha value is -2.86. The van der Waals surface area contributed by atoms with Gasteiger partial charge in [0.25, 0.3) is 0 Å². The molecule has 130 valence electrons. The number of carbonyl (C=O) groups excluding carboxylic acids is 1. The lowest BCUT2D eigenvalue weighted by molar-refractivity contribution is 0.0932. The van der Waals surface area contributed by atoms with Crippen LogP contribution in [0.3, 0.4) is 0 Å². The SMILES string of the molecule is Cc1cc2ncn(CC(O)COc3ccc(C(N)=O)cc3)c2cc1C. The molecule has 0 bridgehead atoms. The van der Waals surface area contributed by atoms with Crippen molar-refractivity contribution in [2.45, 2.75) is 26.5 Å². The third-order valence-electron chi connectivity index (χ3n) is 4.23. The van der Waals surface area contributed by atoms with Crippen molar-refractivity contribution in [2.24, 2.45) is 5.73 Å². The number of ether oxygens (including phenoxy) is 1. The standard InChI is InChI=1S/C19H21N3O3/c1-12-7-17-18(8-13(12)2)22(11-21-17)9-15(23)10-25-16-5-3-14(4-6-16)19(20)24/h3-8,11,15,23H,9-10H2,1-2H3,(H2,20,24). The van der Waals surface area contributed by atoms with Crippen molar-refractivity contribution in [3.05, 3.63) is 59.4 Å². The second-order valence-electron chi connectivity index (χ2n) is 6.18. The van der Waals surface area contributed by atoms with E-state index in [1.165, 1.54) is 11.1 Å². The molecule has 1 heterocycles. The molecular formula is C19H21N3O3. The number of rotatable bonds is 6. The molecule has 1 atom stereocenters. The highest BCUT2D eigenvalue weighted by Gasteiger charge is 2.11. The fourth-order valence-electron chi connectivity index (χ4n) is 2.65. The number of aliphatic hydroxyl groups excluding tert-OH is 1.